The monoisotopic (exact) mass is 262 g/mol. The van der Waals surface area contributed by atoms with Crippen LogP contribution in [0, 0.1) is 0 Å². The first-order chi connectivity index (χ1) is 9.10. The van der Waals surface area contributed by atoms with Crippen molar-refractivity contribution in [3.8, 4) is 5.75 Å². The van der Waals surface area contributed by atoms with Crippen molar-refractivity contribution in [2.24, 2.45) is 0 Å². The number of carbonyl (C=O) groups excluding carboxylic acids is 2. The first-order valence-electron chi connectivity index (χ1n) is 6.46. The molecule has 5 heteroatoms. The van der Waals surface area contributed by atoms with Gasteiger partial charge in [0.25, 0.3) is 5.91 Å². The van der Waals surface area contributed by atoms with Crippen LogP contribution in [0.25, 0.3) is 0 Å². The first-order valence-corrected chi connectivity index (χ1v) is 6.46. The predicted octanol–water partition coefficient (Wildman–Crippen LogP) is 1.69. The molecule has 0 unspecified atom stereocenters. The summed E-state index contributed by atoms with van der Waals surface area (Å²) >= 11 is 0. The highest BCUT2D eigenvalue weighted by molar-refractivity contribution is 5.99. The van der Waals surface area contributed by atoms with E-state index in [9.17, 15) is 9.59 Å². The lowest BCUT2D eigenvalue weighted by molar-refractivity contribution is -0.130. The summed E-state index contributed by atoms with van der Waals surface area (Å²) < 4.78 is 5.56. The Hall–Kier alpha value is -2.04. The SMILES string of the molecule is CC[C@H](C)NC(=O)C[C@@H]1Oc2ccccc2NC1=O. The minimum absolute atomic E-state index is 0.0322. The smallest absolute Gasteiger partial charge is 0.266 e. The van der Waals surface area contributed by atoms with E-state index in [1.807, 2.05) is 26.0 Å². The van der Waals surface area contributed by atoms with E-state index in [4.69, 9.17) is 4.74 Å². The summed E-state index contributed by atoms with van der Waals surface area (Å²) in [5, 5.41) is 5.56. The van der Waals surface area contributed by atoms with Gasteiger partial charge in [-0.25, -0.2) is 0 Å². The Labute approximate surface area is 112 Å². The number of rotatable bonds is 4. The van der Waals surface area contributed by atoms with Gasteiger partial charge in [0.2, 0.25) is 5.91 Å². The molecule has 2 amide bonds. The number of para-hydroxylation sites is 2. The maximum absolute atomic E-state index is 11.8. The molecule has 5 nitrogen and oxygen atoms in total. The summed E-state index contributed by atoms with van der Waals surface area (Å²) in [6.07, 6.45) is 0.121. The highest BCUT2D eigenvalue weighted by Gasteiger charge is 2.29. The van der Waals surface area contributed by atoms with Gasteiger partial charge in [0, 0.05) is 6.04 Å². The number of anilines is 1. The number of hydrogen-bond donors (Lipinski definition) is 2. The standard InChI is InChI=1S/C14H18N2O3/c1-3-9(2)15-13(17)8-12-14(18)16-10-6-4-5-7-11(10)19-12/h4-7,9,12H,3,8H2,1-2H3,(H,15,17)(H,16,18)/t9-,12-/m0/s1. The van der Waals surface area contributed by atoms with Crippen molar-refractivity contribution in [2.45, 2.75) is 38.8 Å². The van der Waals surface area contributed by atoms with E-state index in [0.717, 1.165) is 6.42 Å². The first kappa shape index (κ1) is 13.4. The van der Waals surface area contributed by atoms with Crippen LogP contribution in [0.2, 0.25) is 0 Å². The lowest BCUT2D eigenvalue weighted by Gasteiger charge is -2.25. The molecule has 19 heavy (non-hydrogen) atoms. The zero-order valence-electron chi connectivity index (χ0n) is 11.1. The summed E-state index contributed by atoms with van der Waals surface area (Å²) in [7, 11) is 0. The number of nitrogens with one attached hydrogen (secondary N) is 2. The molecule has 0 aromatic heterocycles. The fourth-order valence-corrected chi connectivity index (χ4v) is 1.83. The van der Waals surface area contributed by atoms with Crippen LogP contribution in [0.5, 0.6) is 5.75 Å². The number of ether oxygens (including phenoxy) is 1. The van der Waals surface area contributed by atoms with Crippen molar-refractivity contribution in [3.05, 3.63) is 24.3 Å². The average molecular weight is 262 g/mol. The summed E-state index contributed by atoms with van der Waals surface area (Å²) in [4.78, 5) is 23.6. The maximum Gasteiger partial charge on any atom is 0.266 e. The van der Waals surface area contributed by atoms with Gasteiger partial charge < -0.3 is 15.4 Å². The van der Waals surface area contributed by atoms with Gasteiger partial charge in [-0.2, -0.15) is 0 Å². The van der Waals surface area contributed by atoms with Gasteiger partial charge in [-0.05, 0) is 25.5 Å². The van der Waals surface area contributed by atoms with Crippen molar-refractivity contribution in [1.29, 1.82) is 0 Å². The number of carbonyl (C=O) groups is 2. The summed E-state index contributed by atoms with van der Waals surface area (Å²) in [6.45, 7) is 3.92. The molecule has 1 aromatic rings. The maximum atomic E-state index is 11.8. The quantitative estimate of drug-likeness (QED) is 0.867. The second-order valence-electron chi connectivity index (χ2n) is 4.67. The molecular formula is C14H18N2O3. The normalized spacial score (nSPS) is 18.8. The van der Waals surface area contributed by atoms with Crippen LogP contribution in [-0.2, 0) is 9.59 Å². The molecule has 1 heterocycles. The summed E-state index contributed by atoms with van der Waals surface area (Å²) in [5.74, 6) is 0.148. The summed E-state index contributed by atoms with van der Waals surface area (Å²) in [6, 6.07) is 7.29. The van der Waals surface area contributed by atoms with Crippen molar-refractivity contribution < 1.29 is 14.3 Å². The van der Waals surface area contributed by atoms with Gasteiger partial charge >= 0.3 is 0 Å². The van der Waals surface area contributed by atoms with Gasteiger partial charge in [-0.1, -0.05) is 19.1 Å². The Morgan fingerprint density at radius 1 is 1.47 bits per heavy atom. The minimum Gasteiger partial charge on any atom is -0.478 e. The van der Waals surface area contributed by atoms with Crippen LogP contribution >= 0.6 is 0 Å². The molecule has 0 radical (unpaired) electrons. The van der Waals surface area contributed by atoms with E-state index in [1.54, 1.807) is 12.1 Å². The zero-order valence-corrected chi connectivity index (χ0v) is 11.1. The molecule has 2 rings (SSSR count). The molecule has 0 saturated heterocycles. The molecule has 1 aliphatic rings. The van der Waals surface area contributed by atoms with Crippen LogP contribution < -0.4 is 15.4 Å². The Kier molecular flexibility index (Phi) is 4.04. The largest absolute Gasteiger partial charge is 0.478 e. The van der Waals surface area contributed by atoms with Crippen LogP contribution in [-0.4, -0.2) is 24.0 Å². The van der Waals surface area contributed by atoms with Crippen molar-refractivity contribution in [1.82, 2.24) is 5.32 Å². The molecule has 0 saturated carbocycles. The third-order valence-electron chi connectivity index (χ3n) is 3.10. The molecule has 1 aliphatic heterocycles. The van der Waals surface area contributed by atoms with Crippen molar-refractivity contribution >= 4 is 17.5 Å². The van der Waals surface area contributed by atoms with Gasteiger partial charge in [0.1, 0.15) is 5.75 Å². The van der Waals surface area contributed by atoms with Crippen LogP contribution in [0.1, 0.15) is 26.7 Å². The minimum atomic E-state index is -0.765. The highest BCUT2D eigenvalue weighted by atomic mass is 16.5. The van der Waals surface area contributed by atoms with Gasteiger partial charge in [0.15, 0.2) is 6.10 Å². The molecule has 2 N–H and O–H groups in total. The molecule has 1 aromatic carbocycles. The second kappa shape index (κ2) is 5.73. The van der Waals surface area contributed by atoms with E-state index in [2.05, 4.69) is 10.6 Å². The van der Waals surface area contributed by atoms with E-state index >= 15 is 0 Å². The third kappa shape index (κ3) is 3.24. The lowest BCUT2D eigenvalue weighted by atomic mass is 10.1. The van der Waals surface area contributed by atoms with Gasteiger partial charge in [0.05, 0.1) is 12.1 Å². The zero-order chi connectivity index (χ0) is 13.8. The van der Waals surface area contributed by atoms with Crippen LogP contribution in [0.3, 0.4) is 0 Å². The van der Waals surface area contributed by atoms with E-state index < -0.39 is 6.10 Å². The molecule has 102 valence electrons. The molecule has 0 fully saturated rings. The Bertz CT molecular complexity index is 487. The van der Waals surface area contributed by atoms with E-state index in [1.165, 1.54) is 0 Å². The van der Waals surface area contributed by atoms with Crippen molar-refractivity contribution in [2.75, 3.05) is 5.32 Å². The Balaban J connectivity index is 1.99. The second-order valence-corrected chi connectivity index (χ2v) is 4.67. The van der Waals surface area contributed by atoms with Gasteiger partial charge in [-0.3, -0.25) is 9.59 Å². The topological polar surface area (TPSA) is 67.4 Å². The molecular weight excluding hydrogens is 244 g/mol. The summed E-state index contributed by atoms with van der Waals surface area (Å²) in [5.41, 5.74) is 0.645. The molecule has 0 aliphatic carbocycles. The van der Waals surface area contributed by atoms with E-state index in [-0.39, 0.29) is 24.3 Å². The fraction of sp³-hybridized carbons (Fsp3) is 0.429. The average Bonchev–Trinajstić information content (AvgIpc) is 2.39. The predicted molar refractivity (Wildman–Crippen MR) is 72.0 cm³/mol. The fourth-order valence-electron chi connectivity index (χ4n) is 1.83. The number of benzene rings is 1. The number of fused-ring (bicyclic) bond motifs is 1. The molecule has 2 atom stereocenters. The molecule has 0 bridgehead atoms. The van der Waals surface area contributed by atoms with Crippen molar-refractivity contribution in [3.63, 3.8) is 0 Å². The lowest BCUT2D eigenvalue weighted by Crippen LogP contribution is -2.42. The highest BCUT2D eigenvalue weighted by Crippen LogP contribution is 2.29. The van der Waals surface area contributed by atoms with Gasteiger partial charge in [-0.15, -0.1) is 0 Å². The number of hydrogen-bond acceptors (Lipinski definition) is 3. The van der Waals surface area contributed by atoms with Crippen LogP contribution in [0.15, 0.2) is 24.3 Å². The molecule has 0 spiro atoms. The third-order valence-corrected chi connectivity index (χ3v) is 3.10. The number of amides is 2. The Morgan fingerprint density at radius 3 is 2.95 bits per heavy atom. The van der Waals surface area contributed by atoms with E-state index in [0.29, 0.717) is 11.4 Å². The Morgan fingerprint density at radius 2 is 2.21 bits per heavy atom. The van der Waals surface area contributed by atoms with Crippen LogP contribution in [0.4, 0.5) is 5.69 Å².